The van der Waals surface area contributed by atoms with Gasteiger partial charge in [0.15, 0.2) is 5.70 Å². The van der Waals surface area contributed by atoms with Crippen LogP contribution in [0.25, 0.3) is 11.0 Å². The van der Waals surface area contributed by atoms with Crippen molar-refractivity contribution in [2.45, 2.75) is 6.92 Å². The van der Waals surface area contributed by atoms with E-state index in [0.717, 1.165) is 0 Å². The zero-order valence-electron chi connectivity index (χ0n) is 15.9. The number of azo groups is 1. The number of fused-ring (bicyclic) bond motifs is 1. The van der Waals surface area contributed by atoms with Crippen LogP contribution in [-0.4, -0.2) is 39.2 Å². The third-order valence-corrected chi connectivity index (χ3v) is 4.02. The van der Waals surface area contributed by atoms with E-state index < -0.39 is 17.6 Å². The van der Waals surface area contributed by atoms with Crippen molar-refractivity contribution >= 4 is 34.3 Å². The number of nitrogens with one attached hydrogen (secondary N) is 3. The second-order valence-corrected chi connectivity index (χ2v) is 6.12. The van der Waals surface area contributed by atoms with Gasteiger partial charge in [0.1, 0.15) is 17.2 Å². The second-order valence-electron chi connectivity index (χ2n) is 6.12. The number of methoxy groups -OCH3 is 1. The van der Waals surface area contributed by atoms with Gasteiger partial charge in [-0.1, -0.05) is 0 Å². The van der Waals surface area contributed by atoms with Crippen LogP contribution in [0.4, 0.5) is 11.4 Å². The number of aromatic amines is 2. The van der Waals surface area contributed by atoms with Crippen LogP contribution in [0.15, 0.2) is 62.9 Å². The third kappa shape index (κ3) is 4.35. The quantitative estimate of drug-likeness (QED) is 0.237. The number of aliphatic hydroxyl groups excluding tert-OH is 1. The monoisotopic (exact) mass is 411 g/mol. The number of aliphatic hydroxyl groups is 1. The van der Waals surface area contributed by atoms with Crippen molar-refractivity contribution in [1.29, 1.82) is 0 Å². The lowest BCUT2D eigenvalue weighted by molar-refractivity contribution is -0.113. The predicted octanol–water partition coefficient (Wildman–Crippen LogP) is 3.07. The Kier molecular flexibility index (Phi) is 5.63. The molecule has 1 heterocycles. The molecule has 1 amide bonds. The number of carbonyl (C=O) groups is 2. The molecule has 2 aromatic carbocycles. The zero-order chi connectivity index (χ0) is 21.8. The number of benzene rings is 2. The van der Waals surface area contributed by atoms with Crippen molar-refractivity contribution in [3.05, 3.63) is 63.9 Å². The van der Waals surface area contributed by atoms with E-state index in [0.29, 0.717) is 16.7 Å². The van der Waals surface area contributed by atoms with E-state index in [1.807, 2.05) is 0 Å². The molecule has 0 bridgehead atoms. The maximum absolute atomic E-state index is 12.6. The van der Waals surface area contributed by atoms with Gasteiger partial charge in [-0.15, -0.1) is 10.2 Å². The van der Waals surface area contributed by atoms with Gasteiger partial charge in [-0.05, 0) is 43.3 Å². The van der Waals surface area contributed by atoms with Crippen molar-refractivity contribution < 1.29 is 24.5 Å². The molecule has 154 valence electrons. The first-order chi connectivity index (χ1) is 14.3. The van der Waals surface area contributed by atoms with Crippen LogP contribution in [0, 0.1) is 0 Å². The maximum atomic E-state index is 12.6. The van der Waals surface area contributed by atoms with Gasteiger partial charge in [0.25, 0.3) is 5.91 Å². The Morgan fingerprint density at radius 2 is 1.80 bits per heavy atom. The molecule has 0 fully saturated rings. The Labute approximate surface area is 168 Å². The molecule has 3 aromatic rings. The molecule has 0 saturated carbocycles. The molecule has 0 aliphatic carbocycles. The van der Waals surface area contributed by atoms with Crippen molar-refractivity contribution in [3.63, 3.8) is 0 Å². The number of H-pyrrole nitrogens is 2. The van der Waals surface area contributed by atoms with E-state index in [9.17, 15) is 19.5 Å². The first-order valence-corrected chi connectivity index (χ1v) is 8.55. The lowest BCUT2D eigenvalue weighted by Crippen LogP contribution is -2.14. The van der Waals surface area contributed by atoms with Gasteiger partial charge < -0.3 is 30.2 Å². The molecule has 0 aliphatic rings. The summed E-state index contributed by atoms with van der Waals surface area (Å²) in [5, 5.41) is 29.2. The fourth-order valence-electron chi connectivity index (χ4n) is 2.59. The maximum Gasteiger partial charge on any atom is 0.335 e. The third-order valence-electron chi connectivity index (χ3n) is 4.02. The van der Waals surface area contributed by atoms with E-state index in [1.165, 1.54) is 38.3 Å². The number of aromatic carboxylic acids is 1. The smallest absolute Gasteiger partial charge is 0.335 e. The Morgan fingerprint density at radius 3 is 2.47 bits per heavy atom. The van der Waals surface area contributed by atoms with Gasteiger partial charge in [-0.3, -0.25) is 4.79 Å². The summed E-state index contributed by atoms with van der Waals surface area (Å²) in [6.45, 7) is 1.26. The van der Waals surface area contributed by atoms with Gasteiger partial charge >= 0.3 is 11.7 Å². The average Bonchev–Trinajstić information content (AvgIpc) is 3.06. The minimum atomic E-state index is -1.17. The number of aromatic nitrogens is 2. The highest BCUT2D eigenvalue weighted by Crippen LogP contribution is 2.29. The molecular weight excluding hydrogens is 394 g/mol. The number of carboxylic acid groups (broad SMARTS) is 1. The first-order valence-electron chi connectivity index (χ1n) is 8.55. The fourth-order valence-corrected chi connectivity index (χ4v) is 2.59. The molecular formula is C19H17N5O6. The lowest BCUT2D eigenvalue weighted by Gasteiger charge is -2.07. The normalized spacial score (nSPS) is 12.1. The summed E-state index contributed by atoms with van der Waals surface area (Å²) in [5.74, 6) is -2.09. The summed E-state index contributed by atoms with van der Waals surface area (Å²) >= 11 is 0. The van der Waals surface area contributed by atoms with Crippen LogP contribution in [0.2, 0.25) is 0 Å². The summed E-state index contributed by atoms with van der Waals surface area (Å²) < 4.78 is 5.11. The number of hydrogen-bond acceptors (Lipinski definition) is 7. The SMILES string of the molecule is COc1ccc(C(=O)O)cc1N=N/C(C(=O)Nc1ccc2[nH]c(=O)[nH]c2c1)=C(/C)O. The second kappa shape index (κ2) is 8.31. The highest BCUT2D eigenvalue weighted by molar-refractivity contribution is 6.04. The van der Waals surface area contributed by atoms with Crippen molar-refractivity contribution in [3.8, 4) is 5.75 Å². The minimum Gasteiger partial charge on any atom is -0.510 e. The molecule has 0 unspecified atom stereocenters. The fraction of sp³-hybridized carbons (Fsp3) is 0.105. The summed E-state index contributed by atoms with van der Waals surface area (Å²) in [5.41, 5.74) is 0.650. The number of nitrogens with zero attached hydrogens (tertiary/aromatic N) is 2. The number of carbonyl (C=O) groups excluding carboxylic acids is 1. The molecule has 0 aliphatic heterocycles. The van der Waals surface area contributed by atoms with E-state index in [1.54, 1.807) is 12.1 Å². The van der Waals surface area contributed by atoms with Gasteiger partial charge in [0.2, 0.25) is 0 Å². The van der Waals surface area contributed by atoms with Crippen molar-refractivity contribution in [2.24, 2.45) is 10.2 Å². The molecule has 0 spiro atoms. The zero-order valence-corrected chi connectivity index (χ0v) is 15.9. The van der Waals surface area contributed by atoms with Crippen LogP contribution in [0.3, 0.4) is 0 Å². The van der Waals surface area contributed by atoms with Crippen LogP contribution in [0.1, 0.15) is 17.3 Å². The number of anilines is 1. The minimum absolute atomic E-state index is 0.0470. The first kappa shape index (κ1) is 20.3. The number of allylic oxidation sites excluding steroid dienone is 1. The number of ether oxygens (including phenoxy) is 1. The molecule has 11 heteroatoms. The van der Waals surface area contributed by atoms with Crippen LogP contribution < -0.4 is 15.7 Å². The summed E-state index contributed by atoms with van der Waals surface area (Å²) in [4.78, 5) is 40.2. The van der Waals surface area contributed by atoms with Crippen LogP contribution in [0.5, 0.6) is 5.75 Å². The Morgan fingerprint density at radius 1 is 1.07 bits per heavy atom. The summed E-state index contributed by atoms with van der Waals surface area (Å²) in [6.07, 6.45) is 0. The van der Waals surface area contributed by atoms with Gasteiger partial charge in [0, 0.05) is 5.69 Å². The molecule has 1 aromatic heterocycles. The Bertz CT molecular complexity index is 1250. The van der Waals surface area contributed by atoms with E-state index in [-0.39, 0.29) is 28.4 Å². The number of carboxylic acids is 1. The van der Waals surface area contributed by atoms with Gasteiger partial charge in [0.05, 0.1) is 23.7 Å². The van der Waals surface area contributed by atoms with Gasteiger partial charge in [-0.25, -0.2) is 9.59 Å². The topological polar surface area (TPSA) is 169 Å². The molecule has 11 nitrogen and oxygen atoms in total. The van der Waals surface area contributed by atoms with E-state index in [4.69, 9.17) is 9.84 Å². The highest BCUT2D eigenvalue weighted by Gasteiger charge is 2.15. The summed E-state index contributed by atoms with van der Waals surface area (Å²) in [6, 6.07) is 8.66. The number of imidazole rings is 1. The Balaban J connectivity index is 1.87. The molecule has 0 atom stereocenters. The standard InChI is InChI=1S/C19H17N5O6/c1-9(25)16(24-23-14-7-10(18(27)28)3-6-15(14)30-2)17(26)20-11-4-5-12-13(8-11)22-19(29)21-12/h3-8,25H,1-2H3,(H,20,26)(H,27,28)(H2,21,22,29)/b16-9-,24-23?. The highest BCUT2D eigenvalue weighted by atomic mass is 16.5. The largest absolute Gasteiger partial charge is 0.510 e. The van der Waals surface area contributed by atoms with Crippen LogP contribution in [-0.2, 0) is 4.79 Å². The van der Waals surface area contributed by atoms with Gasteiger partial charge in [-0.2, -0.15) is 0 Å². The van der Waals surface area contributed by atoms with Crippen LogP contribution >= 0.6 is 0 Å². The lowest BCUT2D eigenvalue weighted by atomic mass is 10.2. The summed E-state index contributed by atoms with van der Waals surface area (Å²) in [7, 11) is 1.37. The van der Waals surface area contributed by atoms with E-state index >= 15 is 0 Å². The average molecular weight is 411 g/mol. The number of amides is 1. The van der Waals surface area contributed by atoms with Crippen molar-refractivity contribution in [2.75, 3.05) is 12.4 Å². The van der Waals surface area contributed by atoms with Crippen molar-refractivity contribution in [1.82, 2.24) is 9.97 Å². The number of hydrogen-bond donors (Lipinski definition) is 5. The number of rotatable bonds is 6. The predicted molar refractivity (Wildman–Crippen MR) is 107 cm³/mol. The van der Waals surface area contributed by atoms with E-state index in [2.05, 4.69) is 25.5 Å². The molecule has 30 heavy (non-hydrogen) atoms. The molecule has 5 N–H and O–H groups in total. The Hall–Kier alpha value is -4.41. The molecule has 0 radical (unpaired) electrons. The molecule has 3 rings (SSSR count). The molecule has 0 saturated heterocycles.